The highest BCUT2D eigenvalue weighted by atomic mass is 16.5. The molecule has 21 heavy (non-hydrogen) atoms. The van der Waals surface area contributed by atoms with Gasteiger partial charge in [0, 0.05) is 12.6 Å². The van der Waals surface area contributed by atoms with Gasteiger partial charge in [-0.25, -0.2) is 0 Å². The largest absolute Gasteiger partial charge is 0.378 e. The number of hydrogen-bond donors (Lipinski definition) is 1. The maximum Gasteiger partial charge on any atom is 0.0575 e. The van der Waals surface area contributed by atoms with Crippen LogP contribution >= 0.6 is 0 Å². The first kappa shape index (κ1) is 15.1. The van der Waals surface area contributed by atoms with Crippen LogP contribution < -0.4 is 5.32 Å². The zero-order chi connectivity index (χ0) is 14.5. The Balaban J connectivity index is 1.36. The van der Waals surface area contributed by atoms with Gasteiger partial charge in [-0.2, -0.15) is 0 Å². The summed E-state index contributed by atoms with van der Waals surface area (Å²) >= 11 is 0. The van der Waals surface area contributed by atoms with Gasteiger partial charge in [-0.05, 0) is 56.7 Å². The van der Waals surface area contributed by atoms with E-state index in [2.05, 4.69) is 30.4 Å². The molecule has 3 rings (SSSR count). The Bertz CT molecular complexity index is 451. The van der Waals surface area contributed by atoms with E-state index < -0.39 is 0 Å². The molecule has 116 valence electrons. The fourth-order valence-electron chi connectivity index (χ4n) is 3.76. The Morgan fingerprint density at radius 2 is 2.00 bits per heavy atom. The van der Waals surface area contributed by atoms with Crippen molar-refractivity contribution in [3.63, 3.8) is 0 Å². The van der Waals surface area contributed by atoms with Gasteiger partial charge in [-0.1, -0.05) is 43.0 Å². The first-order valence-corrected chi connectivity index (χ1v) is 8.77. The van der Waals surface area contributed by atoms with Crippen LogP contribution in [0.25, 0.3) is 0 Å². The van der Waals surface area contributed by atoms with Crippen LogP contribution in [0.2, 0.25) is 0 Å². The topological polar surface area (TPSA) is 21.3 Å². The molecule has 0 bridgehead atoms. The van der Waals surface area contributed by atoms with Crippen LogP contribution in [0.5, 0.6) is 0 Å². The van der Waals surface area contributed by atoms with Crippen LogP contribution in [0.4, 0.5) is 0 Å². The molecule has 1 unspecified atom stereocenters. The van der Waals surface area contributed by atoms with Crippen molar-refractivity contribution in [2.24, 2.45) is 0 Å². The summed E-state index contributed by atoms with van der Waals surface area (Å²) in [5.41, 5.74) is 4.45. The lowest BCUT2D eigenvalue weighted by Crippen LogP contribution is -2.23. The summed E-state index contributed by atoms with van der Waals surface area (Å²) in [5, 5.41) is 3.72. The summed E-state index contributed by atoms with van der Waals surface area (Å²) < 4.78 is 6.00. The zero-order valence-corrected chi connectivity index (χ0v) is 13.4. The predicted molar refractivity (Wildman–Crippen MR) is 87.7 cm³/mol. The molecule has 0 heterocycles. The van der Waals surface area contributed by atoms with Crippen molar-refractivity contribution in [3.8, 4) is 0 Å². The van der Waals surface area contributed by atoms with Crippen molar-refractivity contribution >= 4 is 0 Å². The highest BCUT2D eigenvalue weighted by molar-refractivity contribution is 5.37. The number of rotatable bonds is 6. The molecule has 0 aliphatic heterocycles. The number of fused-ring (bicyclic) bond motifs is 1. The molecule has 0 aromatic heterocycles. The smallest absolute Gasteiger partial charge is 0.0575 e. The molecule has 0 saturated heterocycles. The minimum atomic E-state index is 0.550. The minimum absolute atomic E-state index is 0.550. The van der Waals surface area contributed by atoms with Crippen molar-refractivity contribution in [1.29, 1.82) is 0 Å². The van der Waals surface area contributed by atoms with Crippen molar-refractivity contribution in [2.75, 3.05) is 13.2 Å². The van der Waals surface area contributed by atoms with Crippen LogP contribution in [0.3, 0.4) is 0 Å². The first-order chi connectivity index (χ1) is 10.3. The maximum absolute atomic E-state index is 6.00. The molecule has 2 heteroatoms. The normalized spacial score (nSPS) is 22.4. The number of ether oxygens (including phenoxy) is 1. The van der Waals surface area contributed by atoms with E-state index in [0.29, 0.717) is 12.1 Å². The molecule has 1 N–H and O–H groups in total. The number of hydrogen-bond acceptors (Lipinski definition) is 2. The maximum atomic E-state index is 6.00. The van der Waals surface area contributed by atoms with Gasteiger partial charge in [0.2, 0.25) is 0 Å². The predicted octanol–water partition coefficient (Wildman–Crippen LogP) is 4.31. The SMILES string of the molecule is Cc1ccc2c(c1)C(NCCCOC1CCCCC1)CC2. The average Bonchev–Trinajstić information content (AvgIpc) is 2.90. The summed E-state index contributed by atoms with van der Waals surface area (Å²) in [6, 6.07) is 7.46. The van der Waals surface area contributed by atoms with Gasteiger partial charge in [0.25, 0.3) is 0 Å². The van der Waals surface area contributed by atoms with E-state index in [1.54, 1.807) is 0 Å². The Kier molecular flexibility index (Phi) is 5.32. The molecule has 0 radical (unpaired) electrons. The van der Waals surface area contributed by atoms with E-state index in [9.17, 15) is 0 Å². The van der Waals surface area contributed by atoms with Gasteiger partial charge in [-0.3, -0.25) is 0 Å². The molecule has 1 aromatic carbocycles. The van der Waals surface area contributed by atoms with Gasteiger partial charge < -0.3 is 10.1 Å². The lowest BCUT2D eigenvalue weighted by Gasteiger charge is -2.22. The number of aryl methyl sites for hydroxylation is 2. The molecule has 2 nitrogen and oxygen atoms in total. The van der Waals surface area contributed by atoms with Crippen molar-refractivity contribution in [2.45, 2.75) is 70.4 Å². The minimum Gasteiger partial charge on any atom is -0.378 e. The van der Waals surface area contributed by atoms with E-state index in [1.807, 2.05) is 0 Å². The fourth-order valence-corrected chi connectivity index (χ4v) is 3.76. The zero-order valence-electron chi connectivity index (χ0n) is 13.4. The second kappa shape index (κ2) is 7.42. The monoisotopic (exact) mass is 287 g/mol. The van der Waals surface area contributed by atoms with E-state index >= 15 is 0 Å². The summed E-state index contributed by atoms with van der Waals surface area (Å²) in [4.78, 5) is 0. The van der Waals surface area contributed by atoms with Crippen LogP contribution in [-0.2, 0) is 11.2 Å². The van der Waals surface area contributed by atoms with Gasteiger partial charge in [0.05, 0.1) is 6.10 Å². The number of nitrogens with one attached hydrogen (secondary N) is 1. The molecule has 0 amide bonds. The van der Waals surface area contributed by atoms with E-state index in [4.69, 9.17) is 4.74 Å². The molecule has 1 aromatic rings. The Labute approximate surface area is 129 Å². The third-order valence-corrected chi connectivity index (χ3v) is 5.00. The highest BCUT2D eigenvalue weighted by Gasteiger charge is 2.21. The summed E-state index contributed by atoms with van der Waals surface area (Å²) in [5.74, 6) is 0. The van der Waals surface area contributed by atoms with Crippen LogP contribution in [-0.4, -0.2) is 19.3 Å². The fraction of sp³-hybridized carbons (Fsp3) is 0.684. The van der Waals surface area contributed by atoms with Crippen molar-refractivity contribution in [3.05, 3.63) is 34.9 Å². The molecule has 1 saturated carbocycles. The second-order valence-corrected chi connectivity index (χ2v) is 6.73. The molecule has 2 aliphatic carbocycles. The Morgan fingerprint density at radius 3 is 2.86 bits per heavy atom. The van der Waals surface area contributed by atoms with Gasteiger partial charge in [-0.15, -0.1) is 0 Å². The Hall–Kier alpha value is -0.860. The second-order valence-electron chi connectivity index (χ2n) is 6.73. The van der Waals surface area contributed by atoms with Gasteiger partial charge in [0.15, 0.2) is 0 Å². The lowest BCUT2D eigenvalue weighted by molar-refractivity contribution is 0.0271. The summed E-state index contributed by atoms with van der Waals surface area (Å²) in [6.07, 6.45) is 10.9. The third kappa shape index (κ3) is 4.08. The molecule has 1 fully saturated rings. The van der Waals surface area contributed by atoms with Crippen molar-refractivity contribution in [1.82, 2.24) is 5.32 Å². The van der Waals surface area contributed by atoms with Gasteiger partial charge >= 0.3 is 0 Å². The van der Waals surface area contributed by atoms with E-state index in [0.717, 1.165) is 19.6 Å². The highest BCUT2D eigenvalue weighted by Crippen LogP contribution is 2.31. The standard InChI is InChI=1S/C19H29NO/c1-15-8-9-16-10-11-19(18(16)14-15)20-12-5-13-21-17-6-3-2-4-7-17/h8-9,14,17,19-20H,2-7,10-13H2,1H3. The van der Waals surface area contributed by atoms with Crippen LogP contribution in [0, 0.1) is 6.92 Å². The first-order valence-electron chi connectivity index (χ1n) is 8.77. The van der Waals surface area contributed by atoms with Gasteiger partial charge in [0.1, 0.15) is 0 Å². The summed E-state index contributed by atoms with van der Waals surface area (Å²) in [7, 11) is 0. The Morgan fingerprint density at radius 1 is 1.14 bits per heavy atom. The molecule has 0 spiro atoms. The molecule has 1 atom stereocenters. The molecular formula is C19H29NO. The average molecular weight is 287 g/mol. The van der Waals surface area contributed by atoms with Crippen LogP contribution in [0.1, 0.15) is 67.7 Å². The van der Waals surface area contributed by atoms with E-state index in [-0.39, 0.29) is 0 Å². The third-order valence-electron chi connectivity index (χ3n) is 5.00. The molecular weight excluding hydrogens is 258 g/mol. The summed E-state index contributed by atoms with van der Waals surface area (Å²) in [6.45, 7) is 4.18. The quantitative estimate of drug-likeness (QED) is 0.787. The number of benzene rings is 1. The van der Waals surface area contributed by atoms with Crippen molar-refractivity contribution < 1.29 is 4.74 Å². The lowest BCUT2D eigenvalue weighted by atomic mass is 9.98. The van der Waals surface area contributed by atoms with E-state index in [1.165, 1.54) is 61.6 Å². The van der Waals surface area contributed by atoms with Crippen LogP contribution in [0.15, 0.2) is 18.2 Å². The molecule has 2 aliphatic rings.